The van der Waals surface area contributed by atoms with E-state index >= 15 is 0 Å². The van der Waals surface area contributed by atoms with Gasteiger partial charge in [0.25, 0.3) is 0 Å². The van der Waals surface area contributed by atoms with Crippen LogP contribution in [0.15, 0.2) is 30.3 Å². The highest BCUT2D eigenvalue weighted by Crippen LogP contribution is 2.24. The van der Waals surface area contributed by atoms with Gasteiger partial charge in [-0.15, -0.1) is 0 Å². The lowest BCUT2D eigenvalue weighted by Gasteiger charge is -2.22. The van der Waals surface area contributed by atoms with Crippen molar-refractivity contribution < 1.29 is 0 Å². The lowest BCUT2D eigenvalue weighted by atomic mass is 10.0. The van der Waals surface area contributed by atoms with E-state index < -0.39 is 0 Å². The fraction of sp³-hybridized carbons (Fsp3) is 0.471. The average molecular weight is 271 g/mol. The molecule has 0 aliphatic heterocycles. The van der Waals surface area contributed by atoms with Gasteiger partial charge < -0.3 is 10.6 Å². The third kappa shape index (κ3) is 3.48. The number of para-hydroxylation sites is 1. The normalized spacial score (nSPS) is 12.6. The number of hydrogen-bond acceptors (Lipinski definition) is 3. The molecule has 2 rings (SSSR count). The van der Waals surface area contributed by atoms with Gasteiger partial charge in [-0.1, -0.05) is 31.5 Å². The van der Waals surface area contributed by atoms with E-state index in [0.29, 0.717) is 0 Å². The van der Waals surface area contributed by atoms with Gasteiger partial charge in [0.2, 0.25) is 0 Å². The minimum Gasteiger partial charge on any atom is -0.359 e. The summed E-state index contributed by atoms with van der Waals surface area (Å²) in [4.78, 5) is 7.11. The summed E-state index contributed by atoms with van der Waals surface area (Å²) < 4.78 is 0. The summed E-state index contributed by atoms with van der Waals surface area (Å²) in [6.07, 6.45) is 3.24. The van der Waals surface area contributed by atoms with Crippen LogP contribution in [0.4, 0.5) is 5.82 Å². The summed E-state index contributed by atoms with van der Waals surface area (Å²) >= 11 is 0. The minimum atomic E-state index is 0.149. The molecule has 3 nitrogen and oxygen atoms in total. The van der Waals surface area contributed by atoms with E-state index in [0.717, 1.165) is 24.3 Å². The number of fused-ring (bicyclic) bond motifs is 1. The van der Waals surface area contributed by atoms with E-state index in [1.165, 1.54) is 23.8 Å². The molecule has 1 aromatic carbocycles. The Labute approximate surface area is 121 Å². The second kappa shape index (κ2) is 6.71. The first kappa shape index (κ1) is 14.8. The molecule has 3 heteroatoms. The molecule has 1 heterocycles. The molecule has 0 aliphatic carbocycles. The highest BCUT2D eigenvalue weighted by Gasteiger charge is 2.12. The second-order valence-electron chi connectivity index (χ2n) is 5.62. The van der Waals surface area contributed by atoms with Crippen molar-refractivity contribution in [1.29, 1.82) is 0 Å². The molecule has 2 aromatic rings. The number of aromatic nitrogens is 1. The Hall–Kier alpha value is -1.61. The number of pyridine rings is 1. The number of anilines is 1. The molecule has 0 amide bonds. The molecule has 20 heavy (non-hydrogen) atoms. The van der Waals surface area contributed by atoms with Gasteiger partial charge in [0, 0.05) is 25.0 Å². The first-order chi connectivity index (χ1) is 9.61. The number of nitrogens with zero attached hydrogens (tertiary/aromatic N) is 2. The van der Waals surface area contributed by atoms with Crippen molar-refractivity contribution in [1.82, 2.24) is 4.98 Å². The van der Waals surface area contributed by atoms with E-state index in [-0.39, 0.29) is 6.04 Å². The summed E-state index contributed by atoms with van der Waals surface area (Å²) in [6, 6.07) is 10.7. The lowest BCUT2D eigenvalue weighted by molar-refractivity contribution is 0.721. The first-order valence-electron chi connectivity index (χ1n) is 7.47. The summed E-state index contributed by atoms with van der Waals surface area (Å²) in [7, 11) is 2.12. The van der Waals surface area contributed by atoms with E-state index in [4.69, 9.17) is 10.7 Å². The fourth-order valence-electron chi connectivity index (χ4n) is 2.48. The molecule has 2 N–H and O–H groups in total. The minimum absolute atomic E-state index is 0.149. The van der Waals surface area contributed by atoms with Gasteiger partial charge in [0.15, 0.2) is 0 Å². The van der Waals surface area contributed by atoms with Crippen molar-refractivity contribution in [2.75, 3.05) is 18.5 Å². The predicted octanol–water partition coefficient (Wildman–Crippen LogP) is 3.36. The Bertz CT molecular complexity index is 563. The van der Waals surface area contributed by atoms with Crippen molar-refractivity contribution in [2.45, 2.75) is 39.2 Å². The fourth-order valence-corrected chi connectivity index (χ4v) is 2.48. The number of unbranched alkanes of at least 4 members (excludes halogenated alkanes) is 1. The highest BCUT2D eigenvalue weighted by molar-refractivity contribution is 5.81. The SMILES string of the molecule is CCCCN(C)c1nc2ccccc2cc1CC(C)N. The smallest absolute Gasteiger partial charge is 0.132 e. The van der Waals surface area contributed by atoms with Crippen LogP contribution in [-0.2, 0) is 6.42 Å². The van der Waals surface area contributed by atoms with Gasteiger partial charge in [-0.2, -0.15) is 0 Å². The molecule has 1 aromatic heterocycles. The molecule has 0 aliphatic rings. The molecule has 0 fully saturated rings. The van der Waals surface area contributed by atoms with Crippen molar-refractivity contribution in [3.05, 3.63) is 35.9 Å². The molecule has 0 spiro atoms. The number of rotatable bonds is 6. The Morgan fingerprint density at radius 2 is 2.05 bits per heavy atom. The largest absolute Gasteiger partial charge is 0.359 e. The van der Waals surface area contributed by atoms with Gasteiger partial charge in [-0.25, -0.2) is 4.98 Å². The van der Waals surface area contributed by atoms with Crippen molar-refractivity contribution in [3.63, 3.8) is 0 Å². The summed E-state index contributed by atoms with van der Waals surface area (Å²) in [5, 5.41) is 1.19. The third-order valence-corrected chi connectivity index (χ3v) is 3.53. The third-order valence-electron chi connectivity index (χ3n) is 3.53. The average Bonchev–Trinajstić information content (AvgIpc) is 2.43. The summed E-state index contributed by atoms with van der Waals surface area (Å²) in [6.45, 7) is 5.29. The summed E-state index contributed by atoms with van der Waals surface area (Å²) in [5.41, 5.74) is 8.29. The van der Waals surface area contributed by atoms with Crippen LogP contribution in [0.1, 0.15) is 32.3 Å². The van der Waals surface area contributed by atoms with Gasteiger partial charge >= 0.3 is 0 Å². The van der Waals surface area contributed by atoms with Gasteiger partial charge in [0.05, 0.1) is 5.52 Å². The monoisotopic (exact) mass is 271 g/mol. The molecule has 0 saturated heterocycles. The quantitative estimate of drug-likeness (QED) is 0.876. The maximum atomic E-state index is 5.99. The zero-order chi connectivity index (χ0) is 14.5. The first-order valence-corrected chi connectivity index (χ1v) is 7.47. The second-order valence-corrected chi connectivity index (χ2v) is 5.62. The summed E-state index contributed by atoms with van der Waals surface area (Å²) in [5.74, 6) is 1.08. The van der Waals surface area contributed by atoms with Crippen LogP contribution >= 0.6 is 0 Å². The van der Waals surface area contributed by atoms with Crippen molar-refractivity contribution in [2.24, 2.45) is 5.73 Å². The number of hydrogen-bond donors (Lipinski definition) is 1. The zero-order valence-corrected chi connectivity index (χ0v) is 12.8. The zero-order valence-electron chi connectivity index (χ0n) is 12.8. The van der Waals surface area contributed by atoms with Crippen molar-refractivity contribution >= 4 is 16.7 Å². The predicted molar refractivity (Wildman–Crippen MR) is 87.3 cm³/mol. The number of nitrogens with two attached hydrogens (primary N) is 1. The van der Waals surface area contributed by atoms with E-state index in [1.54, 1.807) is 0 Å². The van der Waals surface area contributed by atoms with Gasteiger partial charge in [-0.05, 0) is 37.5 Å². The van der Waals surface area contributed by atoms with Crippen LogP contribution in [0.25, 0.3) is 10.9 Å². The van der Waals surface area contributed by atoms with Crippen LogP contribution in [0.5, 0.6) is 0 Å². The maximum absolute atomic E-state index is 5.99. The van der Waals surface area contributed by atoms with Gasteiger partial charge in [-0.3, -0.25) is 0 Å². The molecule has 1 unspecified atom stereocenters. The molecular formula is C17H25N3. The standard InChI is InChI=1S/C17H25N3/c1-4-5-10-20(3)17-15(11-13(2)18)12-14-8-6-7-9-16(14)19-17/h6-9,12-13H,4-5,10-11,18H2,1-3H3. The molecular weight excluding hydrogens is 246 g/mol. The Morgan fingerprint density at radius 1 is 1.30 bits per heavy atom. The molecule has 108 valence electrons. The van der Waals surface area contributed by atoms with Gasteiger partial charge in [0.1, 0.15) is 5.82 Å². The highest BCUT2D eigenvalue weighted by atomic mass is 15.2. The Balaban J connectivity index is 2.42. The molecule has 0 bridgehead atoms. The maximum Gasteiger partial charge on any atom is 0.132 e. The Morgan fingerprint density at radius 3 is 2.75 bits per heavy atom. The lowest BCUT2D eigenvalue weighted by Crippen LogP contribution is -2.24. The topological polar surface area (TPSA) is 42.2 Å². The Kier molecular flexibility index (Phi) is 4.96. The van der Waals surface area contributed by atoms with Crippen LogP contribution < -0.4 is 10.6 Å². The van der Waals surface area contributed by atoms with E-state index in [9.17, 15) is 0 Å². The molecule has 0 radical (unpaired) electrons. The van der Waals surface area contributed by atoms with E-state index in [1.807, 2.05) is 13.0 Å². The van der Waals surface area contributed by atoms with E-state index in [2.05, 4.69) is 43.1 Å². The number of benzene rings is 1. The van der Waals surface area contributed by atoms with Crippen LogP contribution in [0, 0.1) is 0 Å². The van der Waals surface area contributed by atoms with Crippen molar-refractivity contribution in [3.8, 4) is 0 Å². The molecule has 1 atom stereocenters. The van der Waals surface area contributed by atoms with Crippen LogP contribution in [0.2, 0.25) is 0 Å². The van der Waals surface area contributed by atoms with Crippen LogP contribution in [-0.4, -0.2) is 24.6 Å². The molecule has 0 saturated carbocycles. The van der Waals surface area contributed by atoms with Crippen LogP contribution in [0.3, 0.4) is 0 Å².